The number of likely N-dealkylation sites (N-methyl/N-ethyl adjacent to an activating group) is 1. The van der Waals surface area contributed by atoms with E-state index in [4.69, 9.17) is 0 Å². The molecule has 0 aromatic rings. The fourth-order valence-electron chi connectivity index (χ4n) is 2.13. The topological polar surface area (TPSA) is 15.3 Å². The first-order chi connectivity index (χ1) is 6.83. The summed E-state index contributed by atoms with van der Waals surface area (Å²) >= 11 is 0. The first-order valence-corrected chi connectivity index (χ1v) is 6.22. The summed E-state index contributed by atoms with van der Waals surface area (Å²) in [6, 6.07) is 0. The van der Waals surface area contributed by atoms with Gasteiger partial charge in [0.1, 0.15) is 0 Å². The normalized spacial score (nSPS) is 19.1. The van der Waals surface area contributed by atoms with Crippen LogP contribution in [0.1, 0.15) is 39.0 Å². The molecular weight excluding hydrogens is 172 g/mol. The molecule has 14 heavy (non-hydrogen) atoms. The molecule has 0 radical (unpaired) electrons. The summed E-state index contributed by atoms with van der Waals surface area (Å²) in [7, 11) is 2.18. The van der Waals surface area contributed by atoms with Crippen molar-refractivity contribution in [3.63, 3.8) is 0 Å². The lowest BCUT2D eigenvalue weighted by molar-refractivity contribution is 0.316. The molecule has 2 heteroatoms. The van der Waals surface area contributed by atoms with Crippen molar-refractivity contribution in [2.45, 2.75) is 39.0 Å². The maximum absolute atomic E-state index is 3.58. The molecule has 0 bridgehead atoms. The standard InChI is InChI=1S/C12H26N2/c1-3-14(2)10-9-13-11-12-7-5-4-6-8-12/h12-13H,3-11H2,1-2H3. The third kappa shape index (κ3) is 4.97. The van der Waals surface area contributed by atoms with E-state index >= 15 is 0 Å². The smallest absolute Gasteiger partial charge is 0.0104 e. The molecule has 0 aromatic heterocycles. The molecule has 0 spiro atoms. The summed E-state index contributed by atoms with van der Waals surface area (Å²) in [5.74, 6) is 0.968. The van der Waals surface area contributed by atoms with Gasteiger partial charge in [-0.1, -0.05) is 26.2 Å². The highest BCUT2D eigenvalue weighted by Crippen LogP contribution is 2.22. The Hall–Kier alpha value is -0.0800. The molecule has 0 aromatic carbocycles. The quantitative estimate of drug-likeness (QED) is 0.658. The van der Waals surface area contributed by atoms with Crippen LogP contribution in [0.15, 0.2) is 0 Å². The predicted molar refractivity (Wildman–Crippen MR) is 62.6 cm³/mol. The van der Waals surface area contributed by atoms with Crippen LogP contribution >= 0.6 is 0 Å². The minimum Gasteiger partial charge on any atom is -0.315 e. The van der Waals surface area contributed by atoms with Gasteiger partial charge < -0.3 is 10.2 Å². The van der Waals surface area contributed by atoms with Crippen LogP contribution in [0.3, 0.4) is 0 Å². The molecule has 0 aliphatic heterocycles. The zero-order valence-electron chi connectivity index (χ0n) is 9.89. The van der Waals surface area contributed by atoms with Crippen LogP contribution in [0.5, 0.6) is 0 Å². The molecule has 84 valence electrons. The van der Waals surface area contributed by atoms with Crippen LogP contribution in [0, 0.1) is 5.92 Å². The van der Waals surface area contributed by atoms with Crippen LogP contribution in [-0.4, -0.2) is 38.1 Å². The molecule has 1 N–H and O–H groups in total. The molecule has 1 rings (SSSR count). The van der Waals surface area contributed by atoms with E-state index in [1.807, 2.05) is 0 Å². The number of hydrogen-bond acceptors (Lipinski definition) is 2. The lowest BCUT2D eigenvalue weighted by Crippen LogP contribution is -2.32. The van der Waals surface area contributed by atoms with Crippen molar-refractivity contribution < 1.29 is 0 Å². The molecule has 2 nitrogen and oxygen atoms in total. The van der Waals surface area contributed by atoms with E-state index in [0.29, 0.717) is 0 Å². The van der Waals surface area contributed by atoms with Crippen molar-refractivity contribution in [1.82, 2.24) is 10.2 Å². The molecular formula is C12H26N2. The Bertz CT molecular complexity index is 130. The molecule has 1 aliphatic carbocycles. The number of nitrogens with zero attached hydrogens (tertiary/aromatic N) is 1. The fraction of sp³-hybridized carbons (Fsp3) is 1.00. The van der Waals surface area contributed by atoms with E-state index in [1.54, 1.807) is 0 Å². The first-order valence-electron chi connectivity index (χ1n) is 6.22. The Balaban J connectivity index is 1.92. The predicted octanol–water partition coefficient (Wildman–Crippen LogP) is 2.11. The zero-order chi connectivity index (χ0) is 10.2. The van der Waals surface area contributed by atoms with E-state index < -0.39 is 0 Å². The van der Waals surface area contributed by atoms with E-state index in [2.05, 4.69) is 24.2 Å². The molecule has 0 unspecified atom stereocenters. The van der Waals surface area contributed by atoms with E-state index in [1.165, 1.54) is 45.2 Å². The fourth-order valence-corrected chi connectivity index (χ4v) is 2.13. The first kappa shape index (κ1) is 12.0. The van der Waals surface area contributed by atoms with E-state index in [-0.39, 0.29) is 0 Å². The molecule has 1 saturated carbocycles. The van der Waals surface area contributed by atoms with Crippen LogP contribution in [0.4, 0.5) is 0 Å². The van der Waals surface area contributed by atoms with Crippen molar-refractivity contribution in [2.75, 3.05) is 33.2 Å². The van der Waals surface area contributed by atoms with Gasteiger partial charge in [0.2, 0.25) is 0 Å². The van der Waals surface area contributed by atoms with Gasteiger partial charge in [0, 0.05) is 13.1 Å². The summed E-state index contributed by atoms with van der Waals surface area (Å²) in [6.45, 7) is 6.95. The van der Waals surface area contributed by atoms with Crippen molar-refractivity contribution in [3.8, 4) is 0 Å². The van der Waals surface area contributed by atoms with Gasteiger partial charge in [-0.3, -0.25) is 0 Å². The minimum absolute atomic E-state index is 0.968. The second-order valence-corrected chi connectivity index (χ2v) is 4.60. The Morgan fingerprint density at radius 2 is 1.93 bits per heavy atom. The van der Waals surface area contributed by atoms with Crippen molar-refractivity contribution >= 4 is 0 Å². The maximum Gasteiger partial charge on any atom is 0.0104 e. The number of rotatable bonds is 6. The third-order valence-corrected chi connectivity index (χ3v) is 3.37. The maximum atomic E-state index is 3.58. The van der Waals surface area contributed by atoms with Gasteiger partial charge in [-0.15, -0.1) is 0 Å². The van der Waals surface area contributed by atoms with Crippen LogP contribution < -0.4 is 5.32 Å². The van der Waals surface area contributed by atoms with Gasteiger partial charge in [-0.2, -0.15) is 0 Å². The van der Waals surface area contributed by atoms with Crippen LogP contribution in [0.25, 0.3) is 0 Å². The van der Waals surface area contributed by atoms with Gasteiger partial charge in [0.25, 0.3) is 0 Å². The summed E-state index contributed by atoms with van der Waals surface area (Å²) in [5, 5.41) is 3.58. The summed E-state index contributed by atoms with van der Waals surface area (Å²) < 4.78 is 0. The molecule has 0 heterocycles. The van der Waals surface area contributed by atoms with Crippen molar-refractivity contribution in [3.05, 3.63) is 0 Å². The summed E-state index contributed by atoms with van der Waals surface area (Å²) in [5.41, 5.74) is 0. The van der Waals surface area contributed by atoms with Gasteiger partial charge in [-0.05, 0) is 38.9 Å². The lowest BCUT2D eigenvalue weighted by Gasteiger charge is -2.22. The third-order valence-electron chi connectivity index (χ3n) is 3.37. The SMILES string of the molecule is CCN(C)CCNCC1CCCCC1. The average Bonchev–Trinajstić information content (AvgIpc) is 2.25. The van der Waals surface area contributed by atoms with Gasteiger partial charge in [0.15, 0.2) is 0 Å². The monoisotopic (exact) mass is 198 g/mol. The van der Waals surface area contributed by atoms with Gasteiger partial charge in [0.05, 0.1) is 0 Å². The Morgan fingerprint density at radius 1 is 1.21 bits per heavy atom. The van der Waals surface area contributed by atoms with Crippen LogP contribution in [0.2, 0.25) is 0 Å². The lowest BCUT2D eigenvalue weighted by atomic mass is 9.89. The Morgan fingerprint density at radius 3 is 2.57 bits per heavy atom. The molecule has 0 amide bonds. The number of nitrogens with one attached hydrogen (secondary N) is 1. The molecule has 1 aliphatic rings. The summed E-state index contributed by atoms with van der Waals surface area (Å²) in [6.07, 6.45) is 7.30. The second-order valence-electron chi connectivity index (χ2n) is 4.60. The highest BCUT2D eigenvalue weighted by Gasteiger charge is 2.12. The highest BCUT2D eigenvalue weighted by atomic mass is 15.1. The van der Waals surface area contributed by atoms with Crippen molar-refractivity contribution in [1.29, 1.82) is 0 Å². The molecule has 0 saturated heterocycles. The Labute approximate surface area is 89.1 Å². The van der Waals surface area contributed by atoms with Crippen LogP contribution in [-0.2, 0) is 0 Å². The van der Waals surface area contributed by atoms with E-state index in [0.717, 1.165) is 19.0 Å². The average molecular weight is 198 g/mol. The minimum atomic E-state index is 0.968. The van der Waals surface area contributed by atoms with Gasteiger partial charge in [-0.25, -0.2) is 0 Å². The molecule has 0 atom stereocenters. The van der Waals surface area contributed by atoms with E-state index in [9.17, 15) is 0 Å². The second kappa shape index (κ2) is 7.24. The Kier molecular flexibility index (Phi) is 6.20. The largest absolute Gasteiger partial charge is 0.315 e. The summed E-state index contributed by atoms with van der Waals surface area (Å²) in [4.78, 5) is 2.36. The van der Waals surface area contributed by atoms with Crippen molar-refractivity contribution in [2.24, 2.45) is 5.92 Å². The molecule has 1 fully saturated rings. The highest BCUT2D eigenvalue weighted by molar-refractivity contribution is 4.68. The zero-order valence-corrected chi connectivity index (χ0v) is 9.89. The number of hydrogen-bond donors (Lipinski definition) is 1. The van der Waals surface area contributed by atoms with Gasteiger partial charge >= 0.3 is 0 Å².